The lowest BCUT2D eigenvalue weighted by Crippen LogP contribution is -2.51. The molecule has 104 valence electrons. The predicted molar refractivity (Wildman–Crippen MR) is 68.6 cm³/mol. The number of amides is 1. The Kier molecular flexibility index (Phi) is 4.14. The zero-order valence-electron chi connectivity index (χ0n) is 10.9. The molecule has 1 saturated heterocycles. The van der Waals surface area contributed by atoms with E-state index < -0.39 is 11.6 Å². The molecule has 1 aromatic carbocycles. The van der Waals surface area contributed by atoms with Crippen LogP contribution in [0.5, 0.6) is 0 Å². The van der Waals surface area contributed by atoms with Gasteiger partial charge >= 0.3 is 0 Å². The van der Waals surface area contributed by atoms with Gasteiger partial charge < -0.3 is 10.6 Å². The topological polar surface area (TPSA) is 46.3 Å². The van der Waals surface area contributed by atoms with Gasteiger partial charge in [0.05, 0.1) is 0 Å². The molecule has 1 aliphatic heterocycles. The van der Waals surface area contributed by atoms with E-state index in [2.05, 4.69) is 6.92 Å². The summed E-state index contributed by atoms with van der Waals surface area (Å²) in [6, 6.07) is 3.21. The smallest absolute Gasteiger partial charge is 0.254 e. The van der Waals surface area contributed by atoms with E-state index in [0.29, 0.717) is 19.0 Å². The van der Waals surface area contributed by atoms with Crippen molar-refractivity contribution in [2.75, 3.05) is 13.1 Å². The highest BCUT2D eigenvalue weighted by molar-refractivity contribution is 5.94. The molecule has 0 bridgehead atoms. The van der Waals surface area contributed by atoms with Gasteiger partial charge in [-0.1, -0.05) is 6.92 Å². The van der Waals surface area contributed by atoms with E-state index in [1.165, 1.54) is 6.07 Å². The quantitative estimate of drug-likeness (QED) is 0.893. The van der Waals surface area contributed by atoms with Crippen molar-refractivity contribution in [2.24, 2.45) is 11.7 Å². The van der Waals surface area contributed by atoms with Crippen LogP contribution >= 0.6 is 0 Å². The Hall–Kier alpha value is -1.49. The Labute approximate surface area is 111 Å². The monoisotopic (exact) mass is 268 g/mol. The van der Waals surface area contributed by atoms with Gasteiger partial charge in [-0.25, -0.2) is 8.78 Å². The number of piperidine rings is 1. The summed E-state index contributed by atoms with van der Waals surface area (Å²) in [7, 11) is 0. The number of nitrogens with two attached hydrogens (primary N) is 1. The number of hydrogen-bond acceptors (Lipinski definition) is 2. The van der Waals surface area contributed by atoms with Gasteiger partial charge in [0.25, 0.3) is 5.91 Å². The highest BCUT2D eigenvalue weighted by Gasteiger charge is 2.31. The van der Waals surface area contributed by atoms with Gasteiger partial charge in [0.2, 0.25) is 0 Å². The highest BCUT2D eigenvalue weighted by Crippen LogP contribution is 2.24. The van der Waals surface area contributed by atoms with Crippen molar-refractivity contribution >= 4 is 5.91 Å². The predicted octanol–water partition coefficient (Wildman–Crippen LogP) is 2.16. The maximum absolute atomic E-state index is 13.2. The molecule has 0 aromatic heterocycles. The summed E-state index contributed by atoms with van der Waals surface area (Å²) < 4.78 is 26.1. The van der Waals surface area contributed by atoms with E-state index in [0.717, 1.165) is 25.0 Å². The molecular formula is C14H18F2N2O. The number of likely N-dealkylation sites (tertiary alicyclic amines) is 1. The zero-order valence-corrected chi connectivity index (χ0v) is 10.9. The van der Waals surface area contributed by atoms with Crippen molar-refractivity contribution < 1.29 is 13.6 Å². The van der Waals surface area contributed by atoms with Crippen LogP contribution in [0.25, 0.3) is 0 Å². The fraction of sp³-hybridized carbons (Fsp3) is 0.500. The number of carbonyl (C=O) groups excluding carboxylic acids is 1. The van der Waals surface area contributed by atoms with Crippen molar-refractivity contribution in [3.63, 3.8) is 0 Å². The van der Waals surface area contributed by atoms with E-state index in [9.17, 15) is 13.6 Å². The minimum atomic E-state index is -1.000. The van der Waals surface area contributed by atoms with Crippen LogP contribution in [0, 0.1) is 17.6 Å². The number of hydrogen-bond donors (Lipinski definition) is 1. The third kappa shape index (κ3) is 2.76. The standard InChI is InChI=1S/C14H18F2N2O/c1-9-3-2-6-18(13(9)8-17)14(19)10-4-5-11(15)12(16)7-10/h4-5,7,9,13H,2-3,6,8,17H2,1H3/t9-,13-/m0/s1. The molecule has 0 aliphatic carbocycles. The fourth-order valence-corrected chi connectivity index (χ4v) is 2.66. The van der Waals surface area contributed by atoms with Gasteiger partial charge in [-0.05, 0) is 37.0 Å². The fourth-order valence-electron chi connectivity index (χ4n) is 2.66. The van der Waals surface area contributed by atoms with Gasteiger partial charge in [0.1, 0.15) is 0 Å². The lowest BCUT2D eigenvalue weighted by atomic mass is 9.90. The van der Waals surface area contributed by atoms with Crippen LogP contribution in [0.4, 0.5) is 8.78 Å². The van der Waals surface area contributed by atoms with Crippen LogP contribution in [0.1, 0.15) is 30.1 Å². The molecule has 1 fully saturated rings. The first-order chi connectivity index (χ1) is 9.04. The molecule has 2 atom stereocenters. The van der Waals surface area contributed by atoms with E-state index >= 15 is 0 Å². The van der Waals surface area contributed by atoms with E-state index in [1.54, 1.807) is 4.90 Å². The normalized spacial score (nSPS) is 23.5. The summed E-state index contributed by atoms with van der Waals surface area (Å²) in [5.41, 5.74) is 5.90. The van der Waals surface area contributed by atoms with Crippen LogP contribution in [-0.4, -0.2) is 29.9 Å². The second-order valence-corrected chi connectivity index (χ2v) is 5.05. The van der Waals surface area contributed by atoms with E-state index in [-0.39, 0.29) is 17.5 Å². The first-order valence-electron chi connectivity index (χ1n) is 6.50. The summed E-state index contributed by atoms with van der Waals surface area (Å²) in [6.45, 7) is 3.06. The molecule has 2 rings (SSSR count). The molecule has 1 amide bonds. The van der Waals surface area contributed by atoms with Crippen molar-refractivity contribution in [1.82, 2.24) is 4.90 Å². The van der Waals surface area contributed by atoms with Gasteiger partial charge in [-0.3, -0.25) is 4.79 Å². The molecule has 0 unspecified atom stereocenters. The molecule has 1 aliphatic rings. The Bertz CT molecular complexity index is 479. The third-order valence-corrected chi connectivity index (χ3v) is 3.78. The Balaban J connectivity index is 2.24. The van der Waals surface area contributed by atoms with E-state index in [4.69, 9.17) is 5.73 Å². The summed E-state index contributed by atoms with van der Waals surface area (Å²) in [4.78, 5) is 14.0. The molecule has 1 heterocycles. The summed E-state index contributed by atoms with van der Waals surface area (Å²) >= 11 is 0. The zero-order chi connectivity index (χ0) is 14.0. The average Bonchev–Trinajstić information content (AvgIpc) is 2.40. The Morgan fingerprint density at radius 2 is 2.16 bits per heavy atom. The molecule has 5 heteroatoms. The van der Waals surface area contributed by atoms with Crippen LogP contribution in [0.15, 0.2) is 18.2 Å². The molecular weight excluding hydrogens is 250 g/mol. The molecule has 2 N–H and O–H groups in total. The summed E-state index contributed by atoms with van der Waals surface area (Å²) in [6.07, 6.45) is 1.94. The van der Waals surface area contributed by atoms with Crippen molar-refractivity contribution in [2.45, 2.75) is 25.8 Å². The highest BCUT2D eigenvalue weighted by atomic mass is 19.2. The largest absolute Gasteiger partial charge is 0.334 e. The summed E-state index contributed by atoms with van der Waals surface area (Å²) in [5, 5.41) is 0. The number of halogens is 2. The Morgan fingerprint density at radius 1 is 1.42 bits per heavy atom. The van der Waals surface area contributed by atoms with Crippen molar-refractivity contribution in [3.8, 4) is 0 Å². The molecule has 1 aromatic rings. The van der Waals surface area contributed by atoms with Crippen LogP contribution in [0.2, 0.25) is 0 Å². The number of carbonyl (C=O) groups is 1. The van der Waals surface area contributed by atoms with Gasteiger partial charge in [0, 0.05) is 24.7 Å². The minimum Gasteiger partial charge on any atom is -0.334 e. The minimum absolute atomic E-state index is 0.0330. The third-order valence-electron chi connectivity index (χ3n) is 3.78. The van der Waals surface area contributed by atoms with Gasteiger partial charge in [-0.15, -0.1) is 0 Å². The molecule has 0 spiro atoms. The number of benzene rings is 1. The van der Waals surface area contributed by atoms with Crippen LogP contribution in [-0.2, 0) is 0 Å². The number of nitrogens with zero attached hydrogens (tertiary/aromatic N) is 1. The van der Waals surface area contributed by atoms with Crippen molar-refractivity contribution in [1.29, 1.82) is 0 Å². The Morgan fingerprint density at radius 3 is 2.79 bits per heavy atom. The summed E-state index contributed by atoms with van der Waals surface area (Å²) in [5.74, 6) is -1.90. The molecule has 19 heavy (non-hydrogen) atoms. The molecule has 0 saturated carbocycles. The average molecular weight is 268 g/mol. The lowest BCUT2D eigenvalue weighted by Gasteiger charge is -2.39. The van der Waals surface area contributed by atoms with Crippen molar-refractivity contribution in [3.05, 3.63) is 35.4 Å². The SMILES string of the molecule is C[C@H]1CCCN(C(=O)c2ccc(F)c(F)c2)[C@H]1CN. The first kappa shape index (κ1) is 13.9. The second kappa shape index (κ2) is 5.65. The second-order valence-electron chi connectivity index (χ2n) is 5.05. The number of rotatable bonds is 2. The van der Waals surface area contributed by atoms with Gasteiger partial charge in [0.15, 0.2) is 11.6 Å². The van der Waals surface area contributed by atoms with Crippen LogP contribution in [0.3, 0.4) is 0 Å². The lowest BCUT2D eigenvalue weighted by molar-refractivity contribution is 0.0532. The van der Waals surface area contributed by atoms with E-state index in [1.807, 2.05) is 0 Å². The van der Waals surface area contributed by atoms with Crippen LogP contribution < -0.4 is 5.73 Å². The first-order valence-corrected chi connectivity index (χ1v) is 6.50. The van der Waals surface area contributed by atoms with Gasteiger partial charge in [-0.2, -0.15) is 0 Å². The maximum atomic E-state index is 13.2. The molecule has 0 radical (unpaired) electrons. The molecule has 3 nitrogen and oxygen atoms in total. The maximum Gasteiger partial charge on any atom is 0.254 e.